The number of fused-ring (bicyclic) bond motifs is 1. The molecule has 3 heterocycles. The first kappa shape index (κ1) is 10.3. The number of aromatic nitrogens is 5. The molecule has 0 saturated carbocycles. The number of imidazole rings is 1. The van der Waals surface area contributed by atoms with Gasteiger partial charge in [-0.25, -0.2) is 15.0 Å². The van der Waals surface area contributed by atoms with Crippen molar-refractivity contribution in [3.8, 4) is 11.4 Å². The molecule has 0 aromatic carbocycles. The Morgan fingerprint density at radius 1 is 1.28 bits per heavy atom. The molecule has 0 bridgehead atoms. The maximum absolute atomic E-state index is 11.0. The molecule has 0 atom stereocenters. The number of amides is 1. The molecule has 0 unspecified atom stereocenters. The Hall–Kier alpha value is -2.83. The lowest BCUT2D eigenvalue weighted by molar-refractivity contribution is 0.0991. The maximum atomic E-state index is 11.0. The van der Waals surface area contributed by atoms with Crippen molar-refractivity contribution in [1.29, 1.82) is 0 Å². The van der Waals surface area contributed by atoms with Crippen LogP contribution in [0.5, 0.6) is 0 Å². The second-order valence-electron chi connectivity index (χ2n) is 3.62. The molecule has 3 N–H and O–H groups in total. The van der Waals surface area contributed by atoms with Crippen LogP contribution in [0.4, 0.5) is 0 Å². The summed E-state index contributed by atoms with van der Waals surface area (Å²) in [6, 6.07) is 3.68. The minimum atomic E-state index is -0.678. The molecule has 0 spiro atoms. The lowest BCUT2D eigenvalue weighted by Crippen LogP contribution is -2.14. The van der Waals surface area contributed by atoms with Gasteiger partial charge >= 0.3 is 0 Å². The Morgan fingerprint density at radius 2 is 2.17 bits per heavy atom. The van der Waals surface area contributed by atoms with Crippen LogP contribution in [0.2, 0.25) is 0 Å². The molecule has 0 aliphatic carbocycles. The van der Waals surface area contributed by atoms with Crippen LogP contribution in [0.3, 0.4) is 0 Å². The Bertz CT molecular complexity index is 721. The molecule has 3 aromatic heterocycles. The molecule has 88 valence electrons. The molecule has 18 heavy (non-hydrogen) atoms. The number of hydrogen-bond donors (Lipinski definition) is 2. The highest BCUT2D eigenvalue weighted by Crippen LogP contribution is 2.17. The quantitative estimate of drug-likeness (QED) is 0.678. The summed E-state index contributed by atoms with van der Waals surface area (Å²) in [4.78, 5) is 30.1. The zero-order valence-corrected chi connectivity index (χ0v) is 9.16. The van der Waals surface area contributed by atoms with E-state index in [0.717, 1.165) is 5.56 Å². The largest absolute Gasteiger partial charge is 0.363 e. The summed E-state index contributed by atoms with van der Waals surface area (Å²) in [5.41, 5.74) is 6.98. The number of nitrogens with one attached hydrogen (secondary N) is 1. The van der Waals surface area contributed by atoms with Gasteiger partial charge in [0.2, 0.25) is 5.82 Å². The van der Waals surface area contributed by atoms with E-state index >= 15 is 0 Å². The van der Waals surface area contributed by atoms with Crippen LogP contribution in [0.15, 0.2) is 30.7 Å². The molecular weight excluding hydrogens is 232 g/mol. The van der Waals surface area contributed by atoms with Crippen LogP contribution < -0.4 is 5.73 Å². The third-order valence-electron chi connectivity index (χ3n) is 2.39. The van der Waals surface area contributed by atoms with Crippen LogP contribution in [0, 0.1) is 0 Å². The lowest BCUT2D eigenvalue weighted by atomic mass is 10.3. The lowest BCUT2D eigenvalue weighted by Gasteiger charge is -1.92. The average Bonchev–Trinajstić information content (AvgIpc) is 2.82. The Kier molecular flexibility index (Phi) is 2.23. The number of carbonyl (C=O) groups excluding carboxylic acids is 1. The molecule has 0 aliphatic heterocycles. The van der Waals surface area contributed by atoms with Crippen molar-refractivity contribution in [2.24, 2.45) is 5.73 Å². The predicted molar refractivity (Wildman–Crippen MR) is 63.4 cm³/mol. The van der Waals surface area contributed by atoms with Crippen LogP contribution in [-0.2, 0) is 0 Å². The number of rotatable bonds is 2. The number of H-pyrrole nitrogens is 1. The van der Waals surface area contributed by atoms with Gasteiger partial charge in [-0.2, -0.15) is 0 Å². The van der Waals surface area contributed by atoms with Gasteiger partial charge in [0.15, 0.2) is 5.65 Å². The first-order valence-electron chi connectivity index (χ1n) is 5.17. The SMILES string of the molecule is NC(=O)c1ncc2[nH]c(-c3cccnc3)nc2n1. The second-order valence-corrected chi connectivity index (χ2v) is 3.62. The number of carbonyl (C=O) groups is 1. The van der Waals surface area contributed by atoms with Gasteiger partial charge in [0.1, 0.15) is 11.3 Å². The van der Waals surface area contributed by atoms with Gasteiger partial charge in [-0.1, -0.05) is 0 Å². The van der Waals surface area contributed by atoms with Gasteiger partial charge in [-0.15, -0.1) is 0 Å². The fourth-order valence-corrected chi connectivity index (χ4v) is 1.57. The molecule has 7 heteroatoms. The highest BCUT2D eigenvalue weighted by molar-refractivity contribution is 5.90. The molecule has 3 aromatic rings. The van der Waals surface area contributed by atoms with Crippen LogP contribution in [0.25, 0.3) is 22.6 Å². The van der Waals surface area contributed by atoms with Crippen LogP contribution in [0.1, 0.15) is 10.6 Å². The van der Waals surface area contributed by atoms with Crippen molar-refractivity contribution < 1.29 is 4.79 Å². The highest BCUT2D eigenvalue weighted by atomic mass is 16.1. The number of pyridine rings is 1. The van der Waals surface area contributed by atoms with E-state index in [9.17, 15) is 4.79 Å². The van der Waals surface area contributed by atoms with Crippen LogP contribution in [-0.4, -0.2) is 30.8 Å². The number of nitrogens with zero attached hydrogens (tertiary/aromatic N) is 4. The topological polar surface area (TPSA) is 110 Å². The summed E-state index contributed by atoms with van der Waals surface area (Å²) < 4.78 is 0. The van der Waals surface area contributed by atoms with Gasteiger partial charge in [0.25, 0.3) is 5.91 Å². The predicted octanol–water partition coefficient (Wildman–Crippen LogP) is 0.514. The minimum Gasteiger partial charge on any atom is -0.363 e. The van der Waals surface area contributed by atoms with Crippen molar-refractivity contribution in [3.63, 3.8) is 0 Å². The van der Waals surface area contributed by atoms with Crippen molar-refractivity contribution >= 4 is 17.1 Å². The monoisotopic (exact) mass is 240 g/mol. The van der Waals surface area contributed by atoms with Gasteiger partial charge < -0.3 is 10.7 Å². The van der Waals surface area contributed by atoms with E-state index in [2.05, 4.69) is 24.9 Å². The molecule has 7 nitrogen and oxygen atoms in total. The molecule has 3 rings (SSSR count). The van der Waals surface area contributed by atoms with E-state index in [1.807, 2.05) is 12.1 Å². The Balaban J connectivity index is 2.14. The fraction of sp³-hybridized carbons (Fsp3) is 0. The van der Waals surface area contributed by atoms with Gasteiger partial charge in [0.05, 0.1) is 6.20 Å². The summed E-state index contributed by atoms with van der Waals surface area (Å²) in [5.74, 6) is -0.108. The van der Waals surface area contributed by atoms with E-state index in [0.29, 0.717) is 17.0 Å². The molecule has 0 saturated heterocycles. The number of hydrogen-bond acceptors (Lipinski definition) is 5. The van der Waals surface area contributed by atoms with E-state index < -0.39 is 5.91 Å². The minimum absolute atomic E-state index is 0.0493. The standard InChI is InChI=1S/C11H8N6O/c12-8(18)11-14-5-7-10(17-11)16-9(15-7)6-2-1-3-13-4-6/h1-5H,(H2,12,18)(H,14,15,16,17). The van der Waals surface area contributed by atoms with E-state index in [1.165, 1.54) is 6.20 Å². The van der Waals surface area contributed by atoms with Crippen molar-refractivity contribution in [3.05, 3.63) is 36.5 Å². The number of primary amides is 1. The smallest absolute Gasteiger partial charge is 0.286 e. The summed E-state index contributed by atoms with van der Waals surface area (Å²) in [6.07, 6.45) is 4.84. The third kappa shape index (κ3) is 1.67. The summed E-state index contributed by atoms with van der Waals surface area (Å²) in [6.45, 7) is 0. The molecule has 1 amide bonds. The van der Waals surface area contributed by atoms with Gasteiger partial charge in [-0.05, 0) is 12.1 Å². The van der Waals surface area contributed by atoms with Crippen molar-refractivity contribution in [2.45, 2.75) is 0 Å². The van der Waals surface area contributed by atoms with Crippen LogP contribution >= 0.6 is 0 Å². The second kappa shape index (κ2) is 3.88. The zero-order chi connectivity index (χ0) is 12.5. The van der Waals surface area contributed by atoms with Crippen molar-refractivity contribution in [1.82, 2.24) is 24.9 Å². The zero-order valence-electron chi connectivity index (χ0n) is 9.16. The summed E-state index contributed by atoms with van der Waals surface area (Å²) in [7, 11) is 0. The van der Waals surface area contributed by atoms with E-state index in [1.54, 1.807) is 12.4 Å². The van der Waals surface area contributed by atoms with E-state index in [-0.39, 0.29) is 5.82 Å². The maximum Gasteiger partial charge on any atom is 0.286 e. The molecule has 0 radical (unpaired) electrons. The third-order valence-corrected chi connectivity index (χ3v) is 2.39. The molecular formula is C11H8N6O. The Morgan fingerprint density at radius 3 is 2.89 bits per heavy atom. The fourth-order valence-electron chi connectivity index (χ4n) is 1.57. The first-order chi connectivity index (χ1) is 8.74. The van der Waals surface area contributed by atoms with Gasteiger partial charge in [-0.3, -0.25) is 9.78 Å². The normalized spacial score (nSPS) is 10.7. The summed E-state index contributed by atoms with van der Waals surface area (Å²) >= 11 is 0. The van der Waals surface area contributed by atoms with Crippen molar-refractivity contribution in [2.75, 3.05) is 0 Å². The van der Waals surface area contributed by atoms with E-state index in [4.69, 9.17) is 5.73 Å². The average molecular weight is 240 g/mol. The number of aromatic amines is 1. The van der Waals surface area contributed by atoms with Gasteiger partial charge in [0, 0.05) is 18.0 Å². The highest BCUT2D eigenvalue weighted by Gasteiger charge is 2.10. The summed E-state index contributed by atoms with van der Waals surface area (Å²) in [5, 5.41) is 0. The molecule has 0 aliphatic rings. The number of nitrogens with two attached hydrogens (primary N) is 1. The molecule has 0 fully saturated rings. The first-order valence-corrected chi connectivity index (χ1v) is 5.17. The Labute approximate surface area is 101 Å².